The Morgan fingerprint density at radius 3 is 2.79 bits per heavy atom. The normalized spacial score (nSPS) is 11.0. The van der Waals surface area contributed by atoms with E-state index >= 15 is 0 Å². The number of nitrogens with zero attached hydrogens (tertiary/aromatic N) is 3. The zero-order valence-electron chi connectivity index (χ0n) is 16.2. The lowest BCUT2D eigenvalue weighted by molar-refractivity contribution is -0.127. The van der Waals surface area contributed by atoms with Gasteiger partial charge in [0.05, 0.1) is 41.8 Å². The zero-order valence-corrected chi connectivity index (χ0v) is 17.0. The van der Waals surface area contributed by atoms with Crippen LogP contribution in [0.5, 0.6) is 0 Å². The Bertz CT molecular complexity index is 965. The molecule has 8 heteroatoms. The van der Waals surface area contributed by atoms with Crippen LogP contribution in [0, 0.1) is 0 Å². The number of rotatable bonds is 8. The summed E-state index contributed by atoms with van der Waals surface area (Å²) in [6, 6.07) is 8.98. The predicted octanol–water partition coefficient (Wildman–Crippen LogP) is 3.58. The zero-order chi connectivity index (χ0) is 20.1. The highest BCUT2D eigenvalue weighted by atomic mass is 32.2. The van der Waals surface area contributed by atoms with Crippen molar-refractivity contribution in [2.75, 3.05) is 19.4 Å². The summed E-state index contributed by atoms with van der Waals surface area (Å²) in [5, 5.41) is 0.748. The molecule has 0 spiro atoms. The van der Waals surface area contributed by atoms with Crippen molar-refractivity contribution in [1.29, 1.82) is 0 Å². The first-order chi connectivity index (χ1) is 13.5. The van der Waals surface area contributed by atoms with Gasteiger partial charge < -0.3 is 18.6 Å². The monoisotopic (exact) mass is 401 g/mol. The van der Waals surface area contributed by atoms with Crippen molar-refractivity contribution in [2.45, 2.75) is 32.1 Å². The maximum atomic E-state index is 12.4. The number of imidazole rings is 1. The van der Waals surface area contributed by atoms with Crippen LogP contribution in [0.1, 0.15) is 30.0 Å². The van der Waals surface area contributed by atoms with Gasteiger partial charge in [-0.3, -0.25) is 4.79 Å². The number of amides is 1. The molecule has 0 unspecified atom stereocenters. The predicted molar refractivity (Wildman–Crippen MR) is 107 cm³/mol. The molecule has 3 rings (SSSR count). The Morgan fingerprint density at radius 2 is 2.11 bits per heavy atom. The Labute approximate surface area is 167 Å². The maximum absolute atomic E-state index is 12.4. The quantitative estimate of drug-likeness (QED) is 0.424. The van der Waals surface area contributed by atoms with Crippen molar-refractivity contribution in [3.05, 3.63) is 47.9 Å². The number of ether oxygens (including phenoxy) is 1. The van der Waals surface area contributed by atoms with Gasteiger partial charge in [0, 0.05) is 13.6 Å². The summed E-state index contributed by atoms with van der Waals surface area (Å²) < 4.78 is 12.4. The van der Waals surface area contributed by atoms with Gasteiger partial charge in [-0.2, -0.15) is 0 Å². The number of esters is 1. The van der Waals surface area contributed by atoms with Crippen LogP contribution in [0.25, 0.3) is 11.0 Å². The topological polar surface area (TPSA) is 77.6 Å². The van der Waals surface area contributed by atoms with E-state index in [1.165, 1.54) is 11.8 Å². The first-order valence-corrected chi connectivity index (χ1v) is 10.1. The molecule has 28 heavy (non-hydrogen) atoms. The first-order valence-electron chi connectivity index (χ1n) is 9.10. The highest BCUT2D eigenvalue weighted by molar-refractivity contribution is 7.99. The molecular formula is C20H23N3O4S. The molecule has 1 amide bonds. The lowest BCUT2D eigenvalue weighted by Gasteiger charge is -2.15. The summed E-state index contributed by atoms with van der Waals surface area (Å²) in [5.41, 5.74) is 2.11. The summed E-state index contributed by atoms with van der Waals surface area (Å²) >= 11 is 1.38. The molecule has 7 nitrogen and oxygen atoms in total. The summed E-state index contributed by atoms with van der Waals surface area (Å²) in [7, 11) is 1.75. The van der Waals surface area contributed by atoms with E-state index < -0.39 is 0 Å². The molecule has 0 saturated carbocycles. The van der Waals surface area contributed by atoms with Crippen LogP contribution in [0.4, 0.5) is 0 Å². The third kappa shape index (κ3) is 4.39. The fourth-order valence-corrected chi connectivity index (χ4v) is 3.84. The summed E-state index contributed by atoms with van der Waals surface area (Å²) in [5.74, 6) is 0.640. The Hall–Kier alpha value is -2.74. The molecule has 0 saturated heterocycles. The van der Waals surface area contributed by atoms with E-state index in [2.05, 4.69) is 4.98 Å². The molecule has 148 valence electrons. The Morgan fingerprint density at radius 1 is 1.29 bits per heavy atom. The second-order valence-corrected chi connectivity index (χ2v) is 7.12. The molecule has 0 aliphatic rings. The number of carbonyl (C=O) groups is 2. The second kappa shape index (κ2) is 8.97. The molecule has 0 radical (unpaired) electrons. The molecule has 0 N–H and O–H groups in total. The van der Waals surface area contributed by atoms with Crippen LogP contribution in [-0.2, 0) is 22.6 Å². The minimum Gasteiger partial charge on any atom is -0.467 e. The number of fused-ring (bicyclic) bond motifs is 1. The minimum atomic E-state index is -0.362. The molecule has 0 fully saturated rings. The smallest absolute Gasteiger partial charge is 0.338 e. The standard InChI is InChI=1S/C20H23N3O4S/c1-4-23-17-9-8-14(19(25)26-5-2)11-16(17)21-20(23)28-13-18(24)22(3)12-15-7-6-10-27-15/h6-11H,4-5,12-13H2,1-3H3. The van der Waals surface area contributed by atoms with E-state index in [0.717, 1.165) is 16.4 Å². The number of hydrogen-bond donors (Lipinski definition) is 0. The number of furan rings is 1. The number of thioether (sulfide) groups is 1. The summed E-state index contributed by atoms with van der Waals surface area (Å²) in [6.45, 7) is 5.27. The van der Waals surface area contributed by atoms with Crippen LogP contribution in [-0.4, -0.2) is 45.7 Å². The molecule has 0 atom stereocenters. The van der Waals surface area contributed by atoms with Crippen LogP contribution < -0.4 is 0 Å². The third-order valence-corrected chi connectivity index (χ3v) is 5.23. The van der Waals surface area contributed by atoms with Gasteiger partial charge in [0.15, 0.2) is 5.16 Å². The number of benzene rings is 1. The van der Waals surface area contributed by atoms with Crippen LogP contribution in [0.3, 0.4) is 0 Å². The Balaban J connectivity index is 1.73. The number of aromatic nitrogens is 2. The van der Waals surface area contributed by atoms with Crippen LogP contribution >= 0.6 is 11.8 Å². The van der Waals surface area contributed by atoms with Gasteiger partial charge in [-0.15, -0.1) is 0 Å². The highest BCUT2D eigenvalue weighted by Gasteiger charge is 2.17. The van der Waals surface area contributed by atoms with E-state index in [1.54, 1.807) is 43.3 Å². The summed E-state index contributed by atoms with van der Waals surface area (Å²) in [4.78, 5) is 30.6. The van der Waals surface area contributed by atoms with Gasteiger partial charge in [-0.05, 0) is 44.2 Å². The van der Waals surface area contributed by atoms with Gasteiger partial charge in [-0.1, -0.05) is 11.8 Å². The van der Waals surface area contributed by atoms with E-state index in [0.29, 0.717) is 30.8 Å². The molecule has 1 aromatic carbocycles. The molecule has 2 heterocycles. The first kappa shape index (κ1) is 20.0. The van der Waals surface area contributed by atoms with Crippen molar-refractivity contribution in [3.63, 3.8) is 0 Å². The van der Waals surface area contributed by atoms with Crippen LogP contribution in [0.15, 0.2) is 46.2 Å². The largest absolute Gasteiger partial charge is 0.467 e. The fraction of sp³-hybridized carbons (Fsp3) is 0.350. The molecule has 0 aliphatic heterocycles. The number of aryl methyl sites for hydroxylation is 1. The molecule has 2 aromatic heterocycles. The highest BCUT2D eigenvalue weighted by Crippen LogP contribution is 2.25. The third-order valence-electron chi connectivity index (χ3n) is 4.26. The number of carbonyl (C=O) groups excluding carboxylic acids is 2. The van der Waals surface area contributed by atoms with E-state index in [-0.39, 0.29) is 17.6 Å². The SMILES string of the molecule is CCOC(=O)c1ccc2c(c1)nc(SCC(=O)N(C)Cc1ccco1)n2CC. The maximum Gasteiger partial charge on any atom is 0.338 e. The van der Waals surface area contributed by atoms with E-state index in [1.807, 2.05) is 23.6 Å². The molecule has 0 aliphatic carbocycles. The van der Waals surface area contributed by atoms with Crippen molar-refractivity contribution in [2.24, 2.45) is 0 Å². The van der Waals surface area contributed by atoms with Gasteiger partial charge >= 0.3 is 5.97 Å². The molecular weight excluding hydrogens is 378 g/mol. The average Bonchev–Trinajstić information content (AvgIpc) is 3.32. The van der Waals surface area contributed by atoms with Crippen molar-refractivity contribution in [1.82, 2.24) is 14.5 Å². The summed E-state index contributed by atoms with van der Waals surface area (Å²) in [6.07, 6.45) is 1.59. The van der Waals surface area contributed by atoms with E-state index in [4.69, 9.17) is 9.15 Å². The lowest BCUT2D eigenvalue weighted by atomic mass is 10.2. The van der Waals surface area contributed by atoms with Crippen molar-refractivity contribution < 1.29 is 18.7 Å². The minimum absolute atomic E-state index is 0.0108. The van der Waals surface area contributed by atoms with Gasteiger partial charge in [-0.25, -0.2) is 9.78 Å². The lowest BCUT2D eigenvalue weighted by Crippen LogP contribution is -2.27. The number of hydrogen-bond acceptors (Lipinski definition) is 6. The molecule has 3 aromatic rings. The van der Waals surface area contributed by atoms with Gasteiger partial charge in [0.1, 0.15) is 5.76 Å². The van der Waals surface area contributed by atoms with Crippen LogP contribution in [0.2, 0.25) is 0 Å². The van der Waals surface area contributed by atoms with Crippen molar-refractivity contribution >= 4 is 34.7 Å². The van der Waals surface area contributed by atoms with Crippen molar-refractivity contribution in [3.8, 4) is 0 Å². The van der Waals surface area contributed by atoms with Gasteiger partial charge in [0.25, 0.3) is 0 Å². The fourth-order valence-electron chi connectivity index (χ4n) is 2.83. The molecule has 0 bridgehead atoms. The van der Waals surface area contributed by atoms with Gasteiger partial charge in [0.2, 0.25) is 5.91 Å². The Kier molecular flexibility index (Phi) is 6.41. The second-order valence-electron chi connectivity index (χ2n) is 6.18. The average molecular weight is 401 g/mol. The van der Waals surface area contributed by atoms with E-state index in [9.17, 15) is 9.59 Å².